The Morgan fingerprint density at radius 3 is 1.83 bits per heavy atom. The number of nitrogens with one attached hydrogen (secondary N) is 1. The summed E-state index contributed by atoms with van der Waals surface area (Å²) in [6.45, 7) is 0.935. The third-order valence-electron chi connectivity index (χ3n) is 5.23. The molecule has 3 rings (SSSR count). The maximum Gasteiger partial charge on any atom is 0.434 e. The molecule has 1 N–H and O–H groups in total. The zero-order valence-corrected chi connectivity index (χ0v) is 19.7. The second-order valence-corrected chi connectivity index (χ2v) is 7.76. The lowest BCUT2D eigenvalue weighted by atomic mass is 10.2. The standard InChI is InChI=1S/C21H25F6N5O4/c1-33-13-10-12(11-14(34-2)15(13)35-3)28-17-29-18(32-8-6-4-5-7-9-32)31-19(30-17)36-16(20(22,23)24)21(25,26)27/h10-11,16H,4-9H2,1-3H3,(H,28,29,30,31). The van der Waals surface area contributed by atoms with Crippen LogP contribution < -0.4 is 29.2 Å². The third kappa shape index (κ3) is 6.63. The van der Waals surface area contributed by atoms with Crippen LogP contribution in [0.15, 0.2) is 12.1 Å². The van der Waals surface area contributed by atoms with E-state index in [2.05, 4.69) is 25.0 Å². The van der Waals surface area contributed by atoms with Crippen LogP contribution in [0.5, 0.6) is 23.3 Å². The number of nitrogens with zero attached hydrogens (tertiary/aromatic N) is 4. The molecule has 0 bridgehead atoms. The van der Waals surface area contributed by atoms with Crippen LogP contribution in [-0.4, -0.2) is 67.8 Å². The summed E-state index contributed by atoms with van der Waals surface area (Å²) in [4.78, 5) is 13.3. The minimum Gasteiger partial charge on any atom is -0.493 e. The van der Waals surface area contributed by atoms with Crippen LogP contribution in [0.2, 0.25) is 0 Å². The first-order chi connectivity index (χ1) is 17.0. The van der Waals surface area contributed by atoms with Crippen molar-refractivity contribution in [3.63, 3.8) is 0 Å². The van der Waals surface area contributed by atoms with Crippen molar-refractivity contribution in [2.45, 2.75) is 44.1 Å². The molecule has 9 nitrogen and oxygen atoms in total. The van der Waals surface area contributed by atoms with Gasteiger partial charge in [0, 0.05) is 30.9 Å². The predicted molar refractivity (Wildman–Crippen MR) is 116 cm³/mol. The van der Waals surface area contributed by atoms with Crippen LogP contribution in [0.1, 0.15) is 25.7 Å². The fraction of sp³-hybridized carbons (Fsp3) is 0.571. The quantitative estimate of drug-likeness (QED) is 0.484. The molecule has 0 saturated carbocycles. The number of anilines is 3. The van der Waals surface area contributed by atoms with Crippen molar-refractivity contribution in [1.82, 2.24) is 15.0 Å². The maximum absolute atomic E-state index is 13.1. The summed E-state index contributed by atoms with van der Waals surface area (Å²) in [6, 6.07) is 1.80. The molecule has 0 spiro atoms. The van der Waals surface area contributed by atoms with E-state index in [0.29, 0.717) is 13.1 Å². The van der Waals surface area contributed by atoms with Gasteiger partial charge in [0.25, 0.3) is 6.10 Å². The lowest BCUT2D eigenvalue weighted by Crippen LogP contribution is -2.47. The van der Waals surface area contributed by atoms with Crippen molar-refractivity contribution in [2.75, 3.05) is 44.6 Å². The lowest BCUT2D eigenvalue weighted by Gasteiger charge is -2.24. The highest BCUT2D eigenvalue weighted by atomic mass is 19.4. The Morgan fingerprint density at radius 2 is 1.36 bits per heavy atom. The molecule has 15 heteroatoms. The van der Waals surface area contributed by atoms with Gasteiger partial charge in [-0.1, -0.05) is 12.8 Å². The van der Waals surface area contributed by atoms with Crippen LogP contribution in [-0.2, 0) is 0 Å². The van der Waals surface area contributed by atoms with Gasteiger partial charge >= 0.3 is 18.4 Å². The number of benzene rings is 1. The van der Waals surface area contributed by atoms with E-state index >= 15 is 0 Å². The summed E-state index contributed by atoms with van der Waals surface area (Å²) in [6.07, 6.45) is -12.2. The molecule has 1 aromatic carbocycles. The van der Waals surface area contributed by atoms with E-state index in [9.17, 15) is 26.3 Å². The molecule has 2 heterocycles. The zero-order valence-electron chi connectivity index (χ0n) is 19.7. The van der Waals surface area contributed by atoms with E-state index in [1.54, 1.807) is 4.90 Å². The molecule has 200 valence electrons. The van der Waals surface area contributed by atoms with E-state index in [4.69, 9.17) is 14.2 Å². The average molecular weight is 525 g/mol. The summed E-state index contributed by atoms with van der Waals surface area (Å²) in [5.74, 6) is 0.309. The molecular weight excluding hydrogens is 500 g/mol. The highest BCUT2D eigenvalue weighted by Gasteiger charge is 2.59. The van der Waals surface area contributed by atoms with Gasteiger partial charge < -0.3 is 29.2 Å². The van der Waals surface area contributed by atoms with Gasteiger partial charge in [0.15, 0.2) is 11.5 Å². The second-order valence-electron chi connectivity index (χ2n) is 7.76. The van der Waals surface area contributed by atoms with Gasteiger partial charge in [-0.2, -0.15) is 41.3 Å². The van der Waals surface area contributed by atoms with Crippen molar-refractivity contribution in [3.8, 4) is 23.3 Å². The second kappa shape index (κ2) is 11.1. The van der Waals surface area contributed by atoms with E-state index < -0.39 is 24.5 Å². The molecule has 0 radical (unpaired) electrons. The fourth-order valence-corrected chi connectivity index (χ4v) is 3.57. The average Bonchev–Trinajstić information content (AvgIpc) is 3.10. The van der Waals surface area contributed by atoms with Crippen LogP contribution in [0, 0.1) is 0 Å². The predicted octanol–water partition coefficient (Wildman–Crippen LogP) is 4.89. The number of ether oxygens (including phenoxy) is 4. The van der Waals surface area contributed by atoms with Gasteiger partial charge in [-0.15, -0.1) is 0 Å². The largest absolute Gasteiger partial charge is 0.493 e. The number of halogens is 6. The first-order valence-electron chi connectivity index (χ1n) is 10.8. The maximum atomic E-state index is 13.1. The Morgan fingerprint density at radius 1 is 0.806 bits per heavy atom. The number of hydrogen-bond donors (Lipinski definition) is 1. The van der Waals surface area contributed by atoms with Gasteiger partial charge in [-0.25, -0.2) is 0 Å². The molecule has 1 saturated heterocycles. The molecule has 0 atom stereocenters. The first-order valence-corrected chi connectivity index (χ1v) is 10.8. The molecule has 1 aliphatic rings. The zero-order chi connectivity index (χ0) is 26.5. The first kappa shape index (κ1) is 27.2. The minimum absolute atomic E-state index is 0.111. The molecule has 0 amide bonds. The van der Waals surface area contributed by atoms with Crippen LogP contribution in [0.4, 0.5) is 43.9 Å². The van der Waals surface area contributed by atoms with Crippen molar-refractivity contribution in [1.29, 1.82) is 0 Å². The van der Waals surface area contributed by atoms with Crippen molar-refractivity contribution in [2.24, 2.45) is 0 Å². The molecule has 1 fully saturated rings. The monoisotopic (exact) mass is 525 g/mol. The Labute approximate surface area is 202 Å². The molecule has 2 aromatic rings. The van der Waals surface area contributed by atoms with E-state index in [1.165, 1.54) is 33.5 Å². The lowest BCUT2D eigenvalue weighted by molar-refractivity contribution is -0.301. The van der Waals surface area contributed by atoms with E-state index in [1.807, 2.05) is 0 Å². The van der Waals surface area contributed by atoms with Crippen LogP contribution >= 0.6 is 0 Å². The highest BCUT2D eigenvalue weighted by Crippen LogP contribution is 2.41. The smallest absolute Gasteiger partial charge is 0.434 e. The van der Waals surface area contributed by atoms with Crippen molar-refractivity contribution in [3.05, 3.63) is 12.1 Å². The van der Waals surface area contributed by atoms with Gasteiger partial charge in [0.2, 0.25) is 17.6 Å². The van der Waals surface area contributed by atoms with Gasteiger partial charge in [-0.05, 0) is 12.8 Å². The van der Waals surface area contributed by atoms with Crippen LogP contribution in [0.3, 0.4) is 0 Å². The van der Waals surface area contributed by atoms with Gasteiger partial charge in [0.1, 0.15) is 0 Å². The minimum atomic E-state index is -5.74. The van der Waals surface area contributed by atoms with Crippen LogP contribution in [0.25, 0.3) is 0 Å². The highest BCUT2D eigenvalue weighted by molar-refractivity contribution is 5.66. The number of alkyl halides is 6. The summed E-state index contributed by atoms with van der Waals surface area (Å²) in [5.41, 5.74) is 0.256. The van der Waals surface area contributed by atoms with Gasteiger partial charge in [-0.3, -0.25) is 0 Å². The topological polar surface area (TPSA) is 90.9 Å². The number of methoxy groups -OCH3 is 3. The van der Waals surface area contributed by atoms with E-state index in [-0.39, 0.29) is 34.8 Å². The van der Waals surface area contributed by atoms with Crippen molar-refractivity contribution < 1.29 is 45.3 Å². The Bertz CT molecular complexity index is 990. The summed E-state index contributed by atoms with van der Waals surface area (Å²) < 4.78 is 98.7. The number of rotatable bonds is 8. The third-order valence-corrected chi connectivity index (χ3v) is 5.23. The Balaban J connectivity index is 2.04. The fourth-order valence-electron chi connectivity index (χ4n) is 3.57. The molecule has 36 heavy (non-hydrogen) atoms. The SMILES string of the molecule is COc1cc(Nc2nc(OC(C(F)(F)F)C(F)(F)F)nc(N3CCCCCC3)n2)cc(OC)c1OC. The molecule has 1 aromatic heterocycles. The summed E-state index contributed by atoms with van der Waals surface area (Å²) >= 11 is 0. The molecule has 1 aliphatic heterocycles. The number of aromatic nitrogens is 3. The Kier molecular flexibility index (Phi) is 8.40. The number of hydrogen-bond acceptors (Lipinski definition) is 9. The van der Waals surface area contributed by atoms with Gasteiger partial charge in [0.05, 0.1) is 21.3 Å². The Hall–Kier alpha value is -3.39. The summed E-state index contributed by atoms with van der Waals surface area (Å²) in [5, 5.41) is 2.74. The molecular formula is C21H25F6N5O4. The molecule has 0 aliphatic carbocycles. The normalized spacial score (nSPS) is 14.9. The van der Waals surface area contributed by atoms with E-state index in [0.717, 1.165) is 25.7 Å². The van der Waals surface area contributed by atoms with Crippen molar-refractivity contribution >= 4 is 17.6 Å². The summed E-state index contributed by atoms with van der Waals surface area (Å²) in [7, 11) is 4.15. The molecule has 0 unspecified atom stereocenters.